The fourth-order valence-corrected chi connectivity index (χ4v) is 2.09. The Labute approximate surface area is 127 Å². The van der Waals surface area contributed by atoms with Crippen LogP contribution in [0.3, 0.4) is 0 Å². The maximum atomic E-state index is 12.2. The molecular weight excluding hydrogens is 326 g/mol. The van der Waals surface area contributed by atoms with Gasteiger partial charge in [-0.25, -0.2) is 0 Å². The Bertz CT molecular complexity index is 490. The van der Waals surface area contributed by atoms with Crippen molar-refractivity contribution in [3.05, 3.63) is 28.2 Å². The highest BCUT2D eigenvalue weighted by atomic mass is 79.9. The Balaban J connectivity index is 2.76. The fraction of sp³-hybridized carbons (Fsp3) is 0.429. The van der Waals surface area contributed by atoms with Crippen LogP contribution < -0.4 is 4.74 Å². The number of esters is 1. The summed E-state index contributed by atoms with van der Waals surface area (Å²) in [6.07, 6.45) is 0. The number of hydrogen-bond acceptors (Lipinski definition) is 4. The average molecular weight is 344 g/mol. The highest BCUT2D eigenvalue weighted by Crippen LogP contribution is 2.26. The molecule has 0 atom stereocenters. The molecule has 1 aromatic carbocycles. The zero-order valence-corrected chi connectivity index (χ0v) is 13.4. The first-order valence-electron chi connectivity index (χ1n) is 6.33. The van der Waals surface area contributed by atoms with Gasteiger partial charge in [-0.05, 0) is 48.0 Å². The molecule has 1 aromatic rings. The van der Waals surface area contributed by atoms with Gasteiger partial charge in [-0.15, -0.1) is 0 Å². The average Bonchev–Trinajstić information content (AvgIpc) is 2.40. The lowest BCUT2D eigenvalue weighted by Crippen LogP contribution is -2.33. The van der Waals surface area contributed by atoms with Crippen molar-refractivity contribution in [3.63, 3.8) is 0 Å². The van der Waals surface area contributed by atoms with Gasteiger partial charge in [0.1, 0.15) is 12.3 Å². The summed E-state index contributed by atoms with van der Waals surface area (Å²) in [7, 11) is 1.56. The topological polar surface area (TPSA) is 55.8 Å². The van der Waals surface area contributed by atoms with Gasteiger partial charge in [0, 0.05) is 12.6 Å². The summed E-state index contributed by atoms with van der Waals surface area (Å²) in [5.74, 6) is 0.00671. The number of halogens is 1. The minimum atomic E-state index is -0.423. The van der Waals surface area contributed by atoms with Gasteiger partial charge in [-0.2, -0.15) is 0 Å². The Morgan fingerprint density at radius 1 is 1.25 bits per heavy atom. The molecule has 0 aliphatic heterocycles. The monoisotopic (exact) mass is 343 g/mol. The number of carbonyl (C=O) groups is 2. The second-order valence-electron chi connectivity index (χ2n) is 4.04. The Kier molecular flexibility index (Phi) is 6.51. The van der Waals surface area contributed by atoms with Gasteiger partial charge in [-0.3, -0.25) is 9.59 Å². The van der Waals surface area contributed by atoms with Gasteiger partial charge in [0.25, 0.3) is 5.91 Å². The number of ether oxygens (including phenoxy) is 2. The van der Waals surface area contributed by atoms with Crippen LogP contribution in [0.5, 0.6) is 5.75 Å². The molecule has 0 aliphatic rings. The molecule has 1 amide bonds. The molecule has 0 N–H and O–H groups in total. The van der Waals surface area contributed by atoms with Crippen molar-refractivity contribution in [2.24, 2.45) is 0 Å². The summed E-state index contributed by atoms with van der Waals surface area (Å²) >= 11 is 3.35. The van der Waals surface area contributed by atoms with E-state index in [0.29, 0.717) is 29.0 Å². The van der Waals surface area contributed by atoms with Crippen LogP contribution in [0.1, 0.15) is 24.2 Å². The van der Waals surface area contributed by atoms with E-state index < -0.39 is 5.97 Å². The van der Waals surface area contributed by atoms with Gasteiger partial charge in [-0.1, -0.05) is 0 Å². The number of benzene rings is 1. The predicted molar refractivity (Wildman–Crippen MR) is 78.9 cm³/mol. The summed E-state index contributed by atoms with van der Waals surface area (Å²) in [4.78, 5) is 24.8. The SMILES string of the molecule is CCOC(=O)CN(C)C(=O)c1ccc(OCC)c(Br)c1. The molecule has 0 spiro atoms. The van der Waals surface area contributed by atoms with Crippen LogP contribution in [0.4, 0.5) is 0 Å². The third-order valence-electron chi connectivity index (χ3n) is 2.50. The van der Waals surface area contributed by atoms with E-state index in [0.717, 1.165) is 0 Å². The smallest absolute Gasteiger partial charge is 0.325 e. The van der Waals surface area contributed by atoms with E-state index in [9.17, 15) is 9.59 Å². The van der Waals surface area contributed by atoms with Gasteiger partial charge < -0.3 is 14.4 Å². The van der Waals surface area contributed by atoms with Crippen molar-refractivity contribution in [2.75, 3.05) is 26.8 Å². The maximum absolute atomic E-state index is 12.2. The number of rotatable bonds is 6. The summed E-state index contributed by atoms with van der Waals surface area (Å²) in [6, 6.07) is 5.06. The second kappa shape index (κ2) is 7.89. The maximum Gasteiger partial charge on any atom is 0.325 e. The molecule has 0 heterocycles. The first-order valence-corrected chi connectivity index (χ1v) is 7.12. The van der Waals surface area contributed by atoms with Crippen molar-refractivity contribution < 1.29 is 19.1 Å². The third-order valence-corrected chi connectivity index (χ3v) is 3.12. The van der Waals surface area contributed by atoms with E-state index in [4.69, 9.17) is 9.47 Å². The van der Waals surface area contributed by atoms with Crippen LogP contribution in [0.15, 0.2) is 22.7 Å². The van der Waals surface area contributed by atoms with Crippen molar-refractivity contribution in [1.29, 1.82) is 0 Å². The predicted octanol–water partition coefficient (Wildman–Crippen LogP) is 2.48. The molecule has 6 heteroatoms. The number of likely N-dealkylation sites (N-methyl/N-ethyl adjacent to an activating group) is 1. The first kappa shape index (κ1) is 16.5. The van der Waals surface area contributed by atoms with Crippen LogP contribution in [-0.4, -0.2) is 43.6 Å². The number of hydrogen-bond donors (Lipinski definition) is 0. The molecule has 20 heavy (non-hydrogen) atoms. The van der Waals surface area contributed by atoms with Crippen LogP contribution in [0.25, 0.3) is 0 Å². The summed E-state index contributed by atoms with van der Waals surface area (Å²) in [5, 5.41) is 0. The fourth-order valence-electron chi connectivity index (χ4n) is 1.60. The van der Waals surface area contributed by atoms with E-state index in [2.05, 4.69) is 15.9 Å². The first-order chi connectivity index (χ1) is 9.49. The van der Waals surface area contributed by atoms with Gasteiger partial charge in [0.2, 0.25) is 0 Å². The molecule has 0 bridgehead atoms. The van der Waals surface area contributed by atoms with E-state index in [1.165, 1.54) is 4.90 Å². The quantitative estimate of drug-likeness (QED) is 0.744. The number of carbonyl (C=O) groups excluding carboxylic acids is 2. The molecule has 0 radical (unpaired) electrons. The standard InChI is InChI=1S/C14H18BrNO4/c1-4-19-12-7-6-10(8-11(12)15)14(18)16(3)9-13(17)20-5-2/h6-8H,4-5,9H2,1-3H3. The van der Waals surface area contributed by atoms with E-state index in [1.807, 2.05) is 6.92 Å². The third kappa shape index (κ3) is 4.52. The summed E-state index contributed by atoms with van der Waals surface area (Å²) in [5.41, 5.74) is 0.479. The van der Waals surface area contributed by atoms with E-state index in [-0.39, 0.29) is 12.5 Å². The zero-order valence-electron chi connectivity index (χ0n) is 11.8. The molecular formula is C14H18BrNO4. The Hall–Kier alpha value is -1.56. The normalized spacial score (nSPS) is 10.0. The number of nitrogens with zero attached hydrogens (tertiary/aromatic N) is 1. The zero-order chi connectivity index (χ0) is 15.1. The molecule has 0 unspecified atom stereocenters. The number of amides is 1. The molecule has 110 valence electrons. The Morgan fingerprint density at radius 3 is 2.50 bits per heavy atom. The van der Waals surface area contributed by atoms with Crippen LogP contribution >= 0.6 is 15.9 Å². The highest BCUT2D eigenvalue weighted by molar-refractivity contribution is 9.10. The van der Waals surface area contributed by atoms with Crippen LogP contribution in [-0.2, 0) is 9.53 Å². The van der Waals surface area contributed by atoms with Crippen LogP contribution in [0, 0.1) is 0 Å². The largest absolute Gasteiger partial charge is 0.493 e. The van der Waals surface area contributed by atoms with E-state index >= 15 is 0 Å². The van der Waals surface area contributed by atoms with Gasteiger partial charge in [0.05, 0.1) is 17.7 Å². The second-order valence-corrected chi connectivity index (χ2v) is 4.90. The molecule has 0 fully saturated rings. The van der Waals surface area contributed by atoms with Crippen molar-refractivity contribution in [3.8, 4) is 5.75 Å². The lowest BCUT2D eigenvalue weighted by molar-refractivity contribution is -0.143. The molecule has 0 aliphatic carbocycles. The van der Waals surface area contributed by atoms with Crippen molar-refractivity contribution in [1.82, 2.24) is 4.90 Å². The minimum absolute atomic E-state index is 0.0719. The van der Waals surface area contributed by atoms with Gasteiger partial charge in [0.15, 0.2) is 0 Å². The summed E-state index contributed by atoms with van der Waals surface area (Å²) < 4.78 is 10.9. The molecule has 1 rings (SSSR count). The van der Waals surface area contributed by atoms with Gasteiger partial charge >= 0.3 is 5.97 Å². The molecule has 0 saturated heterocycles. The van der Waals surface area contributed by atoms with Crippen LogP contribution in [0.2, 0.25) is 0 Å². The molecule has 5 nitrogen and oxygen atoms in total. The van der Waals surface area contributed by atoms with Crippen molar-refractivity contribution >= 4 is 27.8 Å². The van der Waals surface area contributed by atoms with Crippen molar-refractivity contribution in [2.45, 2.75) is 13.8 Å². The Morgan fingerprint density at radius 2 is 1.95 bits per heavy atom. The minimum Gasteiger partial charge on any atom is -0.493 e. The molecule has 0 saturated carbocycles. The van der Waals surface area contributed by atoms with E-state index in [1.54, 1.807) is 32.2 Å². The molecule has 0 aromatic heterocycles. The highest BCUT2D eigenvalue weighted by Gasteiger charge is 2.16. The lowest BCUT2D eigenvalue weighted by Gasteiger charge is -2.16. The lowest BCUT2D eigenvalue weighted by atomic mass is 10.2. The summed E-state index contributed by atoms with van der Waals surface area (Å²) in [6.45, 7) is 4.39.